The van der Waals surface area contributed by atoms with E-state index in [1.54, 1.807) is 6.20 Å². The summed E-state index contributed by atoms with van der Waals surface area (Å²) in [5, 5.41) is 10.2. The normalized spacial score (nSPS) is 10.6. The molecule has 3 aromatic heterocycles. The Morgan fingerprint density at radius 1 is 1.12 bits per heavy atom. The zero-order chi connectivity index (χ0) is 16.5. The fraction of sp³-hybridized carbons (Fsp3) is 0. The van der Waals surface area contributed by atoms with Gasteiger partial charge in [-0.25, -0.2) is 15.0 Å². The first kappa shape index (κ1) is 13.8. The van der Waals surface area contributed by atoms with Gasteiger partial charge in [0.25, 0.3) is 0 Å². The number of hydrogen-bond donors (Lipinski definition) is 1. The van der Waals surface area contributed by atoms with E-state index in [-0.39, 0.29) is 11.5 Å². The van der Waals surface area contributed by atoms with Gasteiger partial charge in [-0.05, 0) is 18.2 Å². The summed E-state index contributed by atoms with van der Waals surface area (Å²) in [5.74, 6) is 0.482. The van der Waals surface area contributed by atoms with E-state index in [0.29, 0.717) is 17.1 Å². The molecule has 0 radical (unpaired) electrons. The first-order chi connectivity index (χ1) is 11.8. The van der Waals surface area contributed by atoms with Crippen molar-refractivity contribution in [3.63, 3.8) is 0 Å². The highest BCUT2D eigenvalue weighted by atomic mass is 16.3. The summed E-state index contributed by atoms with van der Waals surface area (Å²) >= 11 is 0. The molecule has 0 aliphatic carbocycles. The smallest absolute Gasteiger partial charge is 0.183 e. The molecule has 7 heteroatoms. The predicted octanol–water partition coefficient (Wildman–Crippen LogP) is 2.80. The minimum Gasteiger partial charge on any atom is -0.442 e. The lowest BCUT2D eigenvalue weighted by molar-refractivity contribution is 0.570. The summed E-state index contributed by atoms with van der Waals surface area (Å²) in [6.45, 7) is 0. The van der Waals surface area contributed by atoms with Crippen LogP contribution in [0.1, 0.15) is 5.69 Å². The molecule has 2 N–H and O–H groups in total. The van der Waals surface area contributed by atoms with Crippen molar-refractivity contribution in [3.8, 4) is 28.8 Å². The van der Waals surface area contributed by atoms with E-state index in [4.69, 9.17) is 10.2 Å². The van der Waals surface area contributed by atoms with Crippen molar-refractivity contribution < 1.29 is 4.42 Å². The molecule has 0 unspecified atom stereocenters. The summed E-state index contributed by atoms with van der Waals surface area (Å²) in [5.41, 5.74) is 8.47. The summed E-state index contributed by atoms with van der Waals surface area (Å²) in [6.07, 6.45) is 4.57. The molecule has 4 aromatic rings. The quantitative estimate of drug-likeness (QED) is 0.605. The third-order valence-corrected chi connectivity index (χ3v) is 3.57. The minimum absolute atomic E-state index is 0.0510. The Morgan fingerprint density at radius 3 is 2.83 bits per heavy atom. The van der Waals surface area contributed by atoms with Crippen LogP contribution < -0.4 is 5.73 Å². The van der Waals surface area contributed by atoms with E-state index in [0.717, 1.165) is 16.5 Å². The average molecular weight is 314 g/mol. The second kappa shape index (κ2) is 5.44. The van der Waals surface area contributed by atoms with Crippen molar-refractivity contribution in [1.82, 2.24) is 19.9 Å². The largest absolute Gasteiger partial charge is 0.442 e. The Hall–Kier alpha value is -3.79. The molecule has 0 saturated heterocycles. The van der Waals surface area contributed by atoms with Crippen LogP contribution in [0, 0.1) is 11.3 Å². The number of nitrogens with zero attached hydrogens (tertiary/aromatic N) is 5. The minimum atomic E-state index is 0.0510. The maximum Gasteiger partial charge on any atom is 0.183 e. The Kier molecular flexibility index (Phi) is 3.14. The van der Waals surface area contributed by atoms with Crippen LogP contribution >= 0.6 is 0 Å². The summed E-state index contributed by atoms with van der Waals surface area (Å²) in [4.78, 5) is 16.9. The number of fused-ring (bicyclic) bond motifs is 1. The van der Waals surface area contributed by atoms with E-state index in [1.807, 2.05) is 36.4 Å². The van der Waals surface area contributed by atoms with Crippen molar-refractivity contribution in [2.45, 2.75) is 0 Å². The zero-order valence-corrected chi connectivity index (χ0v) is 12.3. The molecule has 4 rings (SSSR count). The fourth-order valence-corrected chi connectivity index (χ4v) is 2.46. The van der Waals surface area contributed by atoms with Gasteiger partial charge in [0, 0.05) is 17.1 Å². The fourth-order valence-electron chi connectivity index (χ4n) is 2.46. The molecule has 114 valence electrons. The first-order valence-corrected chi connectivity index (χ1v) is 7.08. The molecule has 0 aliphatic heterocycles. The van der Waals surface area contributed by atoms with Gasteiger partial charge in [-0.15, -0.1) is 0 Å². The Labute approximate surface area is 136 Å². The number of oxazole rings is 1. The molecule has 0 spiro atoms. The number of hydrogen-bond acceptors (Lipinski definition) is 7. The number of benzene rings is 1. The van der Waals surface area contributed by atoms with Crippen LogP contribution in [-0.4, -0.2) is 19.9 Å². The van der Waals surface area contributed by atoms with Crippen molar-refractivity contribution >= 4 is 16.7 Å². The predicted molar refractivity (Wildman–Crippen MR) is 87.4 cm³/mol. The van der Waals surface area contributed by atoms with Gasteiger partial charge in [-0.3, -0.25) is 4.98 Å². The van der Waals surface area contributed by atoms with Gasteiger partial charge >= 0.3 is 0 Å². The lowest BCUT2D eigenvalue weighted by Crippen LogP contribution is -2.02. The number of aromatic nitrogens is 4. The van der Waals surface area contributed by atoms with Gasteiger partial charge in [-0.2, -0.15) is 5.26 Å². The van der Waals surface area contributed by atoms with Crippen LogP contribution in [0.2, 0.25) is 0 Å². The standard InChI is InChI=1S/C17H10N6O/c18-7-13-17(19)23-16(14-8-20-9-24-14)15(22-13)11-3-4-12-10(6-11)2-1-5-21-12/h1-6,8-9H,(H2,19,23). The number of pyridine rings is 1. The van der Waals surface area contributed by atoms with Crippen LogP contribution in [0.5, 0.6) is 0 Å². The molecule has 0 aliphatic rings. The Balaban J connectivity index is 2.00. The van der Waals surface area contributed by atoms with Crippen molar-refractivity contribution in [3.05, 3.63) is 54.8 Å². The van der Waals surface area contributed by atoms with E-state index in [9.17, 15) is 5.26 Å². The van der Waals surface area contributed by atoms with Crippen LogP contribution in [0.3, 0.4) is 0 Å². The summed E-state index contributed by atoms with van der Waals surface area (Å²) in [7, 11) is 0. The molecule has 1 aromatic carbocycles. The topological polar surface area (TPSA) is 115 Å². The lowest BCUT2D eigenvalue weighted by Gasteiger charge is -2.09. The molecule has 24 heavy (non-hydrogen) atoms. The van der Waals surface area contributed by atoms with Gasteiger partial charge in [0.2, 0.25) is 0 Å². The molecule has 0 amide bonds. The third kappa shape index (κ3) is 2.23. The Bertz CT molecular complexity index is 1080. The van der Waals surface area contributed by atoms with E-state index in [1.165, 1.54) is 12.6 Å². The molecule has 7 nitrogen and oxygen atoms in total. The molecule has 0 bridgehead atoms. The number of rotatable bonds is 2. The second-order valence-electron chi connectivity index (χ2n) is 5.04. The van der Waals surface area contributed by atoms with Gasteiger partial charge in [0.15, 0.2) is 23.7 Å². The van der Waals surface area contributed by atoms with Crippen LogP contribution in [0.15, 0.2) is 53.5 Å². The number of nitriles is 1. The van der Waals surface area contributed by atoms with Gasteiger partial charge in [0.1, 0.15) is 17.5 Å². The van der Waals surface area contributed by atoms with E-state index in [2.05, 4.69) is 19.9 Å². The Morgan fingerprint density at radius 2 is 2.04 bits per heavy atom. The SMILES string of the molecule is N#Cc1nc(-c2ccc3ncccc3c2)c(-c2cnco2)nc1N. The van der Waals surface area contributed by atoms with Crippen LogP contribution in [0.25, 0.3) is 33.6 Å². The molecule has 0 saturated carbocycles. The molecule has 0 atom stereocenters. The summed E-state index contributed by atoms with van der Waals surface area (Å²) in [6, 6.07) is 11.5. The highest BCUT2D eigenvalue weighted by Crippen LogP contribution is 2.31. The second-order valence-corrected chi connectivity index (χ2v) is 5.04. The van der Waals surface area contributed by atoms with Gasteiger partial charge < -0.3 is 10.2 Å². The lowest BCUT2D eigenvalue weighted by atomic mass is 10.1. The molecular formula is C17H10N6O. The zero-order valence-electron chi connectivity index (χ0n) is 12.3. The third-order valence-electron chi connectivity index (χ3n) is 3.57. The summed E-state index contributed by atoms with van der Waals surface area (Å²) < 4.78 is 5.33. The van der Waals surface area contributed by atoms with Crippen LogP contribution in [0.4, 0.5) is 5.82 Å². The van der Waals surface area contributed by atoms with Gasteiger partial charge in [0.05, 0.1) is 11.7 Å². The maximum atomic E-state index is 9.20. The molecule has 3 heterocycles. The highest BCUT2D eigenvalue weighted by Gasteiger charge is 2.18. The number of nitrogen functional groups attached to an aromatic ring is 1. The van der Waals surface area contributed by atoms with Crippen molar-refractivity contribution in [2.24, 2.45) is 0 Å². The number of nitrogens with two attached hydrogens (primary N) is 1. The van der Waals surface area contributed by atoms with Crippen molar-refractivity contribution in [2.75, 3.05) is 5.73 Å². The van der Waals surface area contributed by atoms with Crippen LogP contribution in [-0.2, 0) is 0 Å². The van der Waals surface area contributed by atoms with Crippen molar-refractivity contribution in [1.29, 1.82) is 5.26 Å². The highest BCUT2D eigenvalue weighted by molar-refractivity contribution is 5.86. The number of anilines is 1. The first-order valence-electron chi connectivity index (χ1n) is 7.08. The van der Waals surface area contributed by atoms with Gasteiger partial charge in [-0.1, -0.05) is 12.1 Å². The van der Waals surface area contributed by atoms with E-state index < -0.39 is 0 Å². The average Bonchev–Trinajstić information content (AvgIpc) is 3.15. The molecule has 0 fully saturated rings. The maximum absolute atomic E-state index is 9.20. The monoisotopic (exact) mass is 314 g/mol. The van der Waals surface area contributed by atoms with E-state index >= 15 is 0 Å². The molecular weight excluding hydrogens is 304 g/mol.